The van der Waals surface area contributed by atoms with Crippen molar-refractivity contribution in [3.63, 3.8) is 0 Å². The van der Waals surface area contributed by atoms with Crippen molar-refractivity contribution < 1.29 is 4.21 Å². The van der Waals surface area contributed by atoms with Crippen molar-refractivity contribution in [1.29, 1.82) is 0 Å². The van der Waals surface area contributed by atoms with E-state index < -0.39 is 10.8 Å². The molecule has 1 aliphatic carbocycles. The zero-order chi connectivity index (χ0) is 16.1. The van der Waals surface area contributed by atoms with Gasteiger partial charge in [0.25, 0.3) is 0 Å². The minimum atomic E-state index is -0.858. The molecule has 122 valence electrons. The van der Waals surface area contributed by atoms with Crippen molar-refractivity contribution in [2.45, 2.75) is 38.4 Å². The van der Waals surface area contributed by atoms with Gasteiger partial charge in [0.2, 0.25) is 0 Å². The van der Waals surface area contributed by atoms with Crippen LogP contribution in [0.15, 0.2) is 30.3 Å². The molecule has 1 aromatic heterocycles. The number of hydrogen-bond acceptors (Lipinski definition) is 4. The number of fused-ring (bicyclic) bond motifs is 1. The second-order valence-electron chi connectivity index (χ2n) is 5.95. The number of benzene rings is 1. The smallest absolute Gasteiger partial charge is 0.133 e. The normalized spacial score (nSPS) is 15.0. The van der Waals surface area contributed by atoms with E-state index in [0.717, 1.165) is 30.0 Å². The maximum absolute atomic E-state index is 12.2. The van der Waals surface area contributed by atoms with Gasteiger partial charge in [-0.25, -0.2) is 9.97 Å². The van der Waals surface area contributed by atoms with Gasteiger partial charge in [0.1, 0.15) is 11.6 Å². The Morgan fingerprint density at radius 2 is 1.91 bits per heavy atom. The van der Waals surface area contributed by atoms with Crippen LogP contribution in [0.2, 0.25) is 0 Å². The van der Waals surface area contributed by atoms with Gasteiger partial charge in [0.15, 0.2) is 0 Å². The lowest BCUT2D eigenvalue weighted by Crippen LogP contribution is -2.17. The first-order valence-corrected chi connectivity index (χ1v) is 9.70. The van der Waals surface area contributed by atoms with E-state index >= 15 is 0 Å². The van der Waals surface area contributed by atoms with E-state index in [1.807, 2.05) is 37.3 Å². The number of rotatable bonds is 6. The van der Waals surface area contributed by atoms with E-state index in [1.54, 1.807) is 0 Å². The van der Waals surface area contributed by atoms with Crippen LogP contribution in [0, 0.1) is 6.92 Å². The van der Waals surface area contributed by atoms with E-state index in [1.165, 1.54) is 24.1 Å². The van der Waals surface area contributed by atoms with Gasteiger partial charge in [0, 0.05) is 40.1 Å². The van der Waals surface area contributed by atoms with Gasteiger partial charge in [-0.2, -0.15) is 0 Å². The molecule has 0 aliphatic heterocycles. The molecular weight excluding hydrogens is 306 g/mol. The van der Waals surface area contributed by atoms with Gasteiger partial charge in [-0.15, -0.1) is 0 Å². The van der Waals surface area contributed by atoms with Gasteiger partial charge < -0.3 is 5.32 Å². The van der Waals surface area contributed by atoms with Crippen LogP contribution in [0.25, 0.3) is 0 Å². The number of aryl methyl sites for hydroxylation is 2. The van der Waals surface area contributed by atoms with Gasteiger partial charge >= 0.3 is 0 Å². The molecule has 0 radical (unpaired) electrons. The summed E-state index contributed by atoms with van der Waals surface area (Å²) in [5.41, 5.74) is 3.58. The van der Waals surface area contributed by atoms with Crippen molar-refractivity contribution in [1.82, 2.24) is 9.97 Å². The number of hydrogen-bond donors (Lipinski definition) is 1. The molecule has 0 saturated heterocycles. The Balaban J connectivity index is 1.56. The zero-order valence-electron chi connectivity index (χ0n) is 13.5. The van der Waals surface area contributed by atoms with Crippen LogP contribution in [0.5, 0.6) is 0 Å². The summed E-state index contributed by atoms with van der Waals surface area (Å²) in [5, 5.41) is 3.39. The minimum absolute atomic E-state index is 0.615. The quantitative estimate of drug-likeness (QED) is 0.885. The number of nitrogens with zero attached hydrogens (tertiary/aromatic N) is 2. The van der Waals surface area contributed by atoms with Crippen LogP contribution in [-0.4, -0.2) is 26.5 Å². The first-order valence-electron chi connectivity index (χ1n) is 8.21. The average molecular weight is 329 g/mol. The van der Waals surface area contributed by atoms with Crippen molar-refractivity contribution in [3.05, 3.63) is 53.0 Å². The van der Waals surface area contributed by atoms with Crippen molar-refractivity contribution in [2.75, 3.05) is 17.6 Å². The van der Waals surface area contributed by atoms with E-state index in [-0.39, 0.29) is 0 Å². The average Bonchev–Trinajstić information content (AvgIpc) is 2.55. The van der Waals surface area contributed by atoms with Gasteiger partial charge in [-0.05, 0) is 38.2 Å². The van der Waals surface area contributed by atoms with Crippen LogP contribution in [0.3, 0.4) is 0 Å². The van der Waals surface area contributed by atoms with E-state index in [2.05, 4.69) is 15.3 Å². The fourth-order valence-corrected chi connectivity index (χ4v) is 4.02. The first-order chi connectivity index (χ1) is 11.2. The molecule has 0 saturated carbocycles. The molecule has 2 aromatic rings. The van der Waals surface area contributed by atoms with Crippen LogP contribution < -0.4 is 5.32 Å². The lowest BCUT2D eigenvalue weighted by Gasteiger charge is -2.19. The Morgan fingerprint density at radius 3 is 2.74 bits per heavy atom. The summed E-state index contributed by atoms with van der Waals surface area (Å²) >= 11 is 0. The fourth-order valence-electron chi connectivity index (χ4n) is 2.98. The predicted molar refractivity (Wildman–Crippen MR) is 95.1 cm³/mol. The highest BCUT2D eigenvalue weighted by atomic mass is 32.2. The van der Waals surface area contributed by atoms with Crippen LogP contribution >= 0.6 is 0 Å². The summed E-state index contributed by atoms with van der Waals surface area (Å²) in [5.74, 6) is 3.01. The highest BCUT2D eigenvalue weighted by Gasteiger charge is 2.16. The molecule has 0 spiro atoms. The molecule has 1 heterocycles. The Labute approximate surface area is 140 Å². The molecule has 4 nitrogen and oxygen atoms in total. The maximum Gasteiger partial charge on any atom is 0.133 e. The Hall–Kier alpha value is -1.75. The van der Waals surface area contributed by atoms with Crippen LogP contribution in [0.4, 0.5) is 5.82 Å². The summed E-state index contributed by atoms with van der Waals surface area (Å²) in [7, 11) is -0.858. The van der Waals surface area contributed by atoms with E-state index in [9.17, 15) is 4.21 Å². The Bertz CT molecular complexity index is 688. The van der Waals surface area contributed by atoms with E-state index in [0.29, 0.717) is 18.1 Å². The van der Waals surface area contributed by atoms with Crippen molar-refractivity contribution in [2.24, 2.45) is 0 Å². The van der Waals surface area contributed by atoms with Crippen LogP contribution in [-0.2, 0) is 29.4 Å². The number of aromatic nitrogens is 2. The molecular formula is C18H23N3OS. The largest absolute Gasteiger partial charge is 0.369 e. The molecule has 3 rings (SSSR count). The lowest BCUT2D eigenvalue weighted by molar-refractivity contribution is 0.659. The third-order valence-electron chi connectivity index (χ3n) is 4.09. The molecule has 1 N–H and O–H groups in total. The maximum atomic E-state index is 12.2. The molecule has 1 aliphatic rings. The van der Waals surface area contributed by atoms with Crippen molar-refractivity contribution >= 4 is 16.6 Å². The minimum Gasteiger partial charge on any atom is -0.369 e. The van der Waals surface area contributed by atoms with Gasteiger partial charge in [-0.3, -0.25) is 4.21 Å². The van der Waals surface area contributed by atoms with Crippen molar-refractivity contribution in [3.8, 4) is 0 Å². The zero-order valence-corrected chi connectivity index (χ0v) is 14.4. The highest BCUT2D eigenvalue weighted by molar-refractivity contribution is 7.84. The van der Waals surface area contributed by atoms with Gasteiger partial charge in [-0.1, -0.05) is 30.3 Å². The third-order valence-corrected chi connectivity index (χ3v) is 5.40. The monoisotopic (exact) mass is 329 g/mol. The Kier molecular flexibility index (Phi) is 5.39. The fraction of sp³-hybridized carbons (Fsp3) is 0.444. The second kappa shape index (κ2) is 7.68. The van der Waals surface area contributed by atoms with E-state index in [4.69, 9.17) is 0 Å². The lowest BCUT2D eigenvalue weighted by atomic mass is 9.96. The topological polar surface area (TPSA) is 54.9 Å². The summed E-state index contributed by atoms with van der Waals surface area (Å²) in [6.45, 7) is 2.62. The molecule has 0 fully saturated rings. The number of nitrogens with one attached hydrogen (secondary N) is 1. The summed E-state index contributed by atoms with van der Waals surface area (Å²) in [4.78, 5) is 9.11. The standard InChI is InChI=1S/C18H23N3OS/c1-14-20-17-10-6-5-9-16(17)18(21-14)19-11-12-23(22)13-15-7-3-2-4-8-15/h2-4,7-8H,5-6,9-13H2,1H3,(H,19,20,21). The SMILES string of the molecule is Cc1nc2c(c(NCCS(=O)Cc3ccccc3)n1)CCCC2. The second-order valence-corrected chi connectivity index (χ2v) is 7.53. The first kappa shape index (κ1) is 16.1. The van der Waals surface area contributed by atoms with Gasteiger partial charge in [0.05, 0.1) is 0 Å². The molecule has 1 atom stereocenters. The summed E-state index contributed by atoms with van der Waals surface area (Å²) < 4.78 is 12.2. The van der Waals surface area contributed by atoms with Crippen LogP contribution in [0.1, 0.15) is 35.5 Å². The number of anilines is 1. The summed E-state index contributed by atoms with van der Waals surface area (Å²) in [6, 6.07) is 10.0. The molecule has 0 bridgehead atoms. The Morgan fingerprint density at radius 1 is 1.13 bits per heavy atom. The molecule has 1 unspecified atom stereocenters. The summed E-state index contributed by atoms with van der Waals surface area (Å²) in [6.07, 6.45) is 4.51. The third kappa shape index (κ3) is 4.38. The molecule has 23 heavy (non-hydrogen) atoms. The highest BCUT2D eigenvalue weighted by Crippen LogP contribution is 2.25. The predicted octanol–water partition coefficient (Wildman–Crippen LogP) is 3.02. The molecule has 1 aromatic carbocycles. The molecule has 5 heteroatoms. The molecule has 0 amide bonds.